The highest BCUT2D eigenvalue weighted by molar-refractivity contribution is 9.10. The predicted octanol–water partition coefficient (Wildman–Crippen LogP) is 6.43. The van der Waals surface area contributed by atoms with Crippen molar-refractivity contribution in [1.82, 2.24) is 4.98 Å². The second kappa shape index (κ2) is 7.13. The maximum atomic E-state index is 13.1. The summed E-state index contributed by atoms with van der Waals surface area (Å²) < 4.78 is 44.7. The van der Waals surface area contributed by atoms with Crippen LogP contribution in [0.1, 0.15) is 21.5 Å². The van der Waals surface area contributed by atoms with Gasteiger partial charge in [-0.3, -0.25) is 0 Å². The monoisotopic (exact) mass is 457 g/mol. The molecule has 8 heteroatoms. The lowest BCUT2D eigenvalue weighted by Crippen LogP contribution is -2.09. The Morgan fingerprint density at radius 2 is 1.93 bits per heavy atom. The van der Waals surface area contributed by atoms with Gasteiger partial charge in [-0.1, -0.05) is 23.7 Å². The van der Waals surface area contributed by atoms with Gasteiger partial charge in [0.1, 0.15) is 0 Å². The van der Waals surface area contributed by atoms with Crippen LogP contribution in [0.2, 0.25) is 5.02 Å². The molecule has 0 saturated heterocycles. The third kappa shape index (κ3) is 3.66. The molecule has 0 amide bonds. The lowest BCUT2D eigenvalue weighted by atomic mass is 9.97. The van der Waals surface area contributed by atoms with Gasteiger partial charge in [0.15, 0.2) is 0 Å². The number of carbonyl (C=O) groups is 1. The lowest BCUT2D eigenvalue weighted by molar-refractivity contribution is -0.137. The Balaban J connectivity index is 2.38. The number of hydrogen-bond donors (Lipinski definition) is 0. The molecule has 3 nitrogen and oxygen atoms in total. The minimum Gasteiger partial charge on any atom is -0.465 e. The number of pyridine rings is 1. The van der Waals surface area contributed by atoms with Crippen LogP contribution in [-0.4, -0.2) is 18.1 Å². The van der Waals surface area contributed by atoms with Gasteiger partial charge in [-0.2, -0.15) is 13.2 Å². The van der Waals surface area contributed by atoms with E-state index in [-0.39, 0.29) is 16.8 Å². The molecule has 0 spiro atoms. The summed E-state index contributed by atoms with van der Waals surface area (Å²) in [7, 11) is 1.23. The average Bonchev–Trinajstić information content (AvgIpc) is 2.60. The molecule has 0 atom stereocenters. The number of aromatic nitrogens is 1. The van der Waals surface area contributed by atoms with Crippen molar-refractivity contribution in [3.63, 3.8) is 0 Å². The molecule has 0 fully saturated rings. The summed E-state index contributed by atoms with van der Waals surface area (Å²) in [4.78, 5) is 16.9. The van der Waals surface area contributed by atoms with Gasteiger partial charge in [0, 0.05) is 20.4 Å². The number of nitrogens with zero attached hydrogens (tertiary/aromatic N) is 1. The number of hydrogen-bond acceptors (Lipinski definition) is 3. The SMILES string of the molecule is COC(=O)c1c(C)c(-c2cccc(C(F)(F)F)c2)nc2c(Br)cc(Cl)cc12. The number of rotatable bonds is 2. The van der Waals surface area contributed by atoms with Crippen molar-refractivity contribution in [2.24, 2.45) is 0 Å². The lowest BCUT2D eigenvalue weighted by Gasteiger charge is -2.15. The molecule has 0 unspecified atom stereocenters. The van der Waals surface area contributed by atoms with Gasteiger partial charge in [-0.15, -0.1) is 0 Å². The number of alkyl halides is 3. The first kappa shape index (κ1) is 19.6. The Hall–Kier alpha value is -2.12. The fraction of sp³-hybridized carbons (Fsp3) is 0.158. The first-order chi connectivity index (χ1) is 12.6. The molecule has 3 aromatic rings. The van der Waals surface area contributed by atoms with Crippen LogP contribution in [0.3, 0.4) is 0 Å². The summed E-state index contributed by atoms with van der Waals surface area (Å²) in [6.07, 6.45) is -4.49. The second-order valence-corrected chi connectivity index (χ2v) is 7.11. The highest BCUT2D eigenvalue weighted by Gasteiger charge is 2.31. The van der Waals surface area contributed by atoms with Crippen LogP contribution in [0, 0.1) is 6.92 Å². The van der Waals surface area contributed by atoms with E-state index in [4.69, 9.17) is 16.3 Å². The van der Waals surface area contributed by atoms with Gasteiger partial charge >= 0.3 is 12.1 Å². The number of benzene rings is 2. The van der Waals surface area contributed by atoms with Crippen LogP contribution < -0.4 is 0 Å². The summed E-state index contributed by atoms with van der Waals surface area (Å²) in [5.74, 6) is -0.623. The van der Waals surface area contributed by atoms with Gasteiger partial charge in [0.05, 0.1) is 29.4 Å². The van der Waals surface area contributed by atoms with Crippen molar-refractivity contribution in [3.8, 4) is 11.3 Å². The van der Waals surface area contributed by atoms with Gasteiger partial charge in [0.25, 0.3) is 0 Å². The predicted molar refractivity (Wildman–Crippen MR) is 101 cm³/mol. The zero-order chi connectivity index (χ0) is 19.9. The van der Waals surface area contributed by atoms with E-state index in [1.165, 1.54) is 19.2 Å². The third-order valence-corrected chi connectivity index (χ3v) is 4.93. The zero-order valence-electron chi connectivity index (χ0n) is 14.1. The Kier molecular flexibility index (Phi) is 5.18. The van der Waals surface area contributed by atoms with Crippen LogP contribution in [0.15, 0.2) is 40.9 Å². The van der Waals surface area contributed by atoms with Gasteiger partial charge in [-0.05, 0) is 52.7 Å². The van der Waals surface area contributed by atoms with Crippen LogP contribution in [0.4, 0.5) is 13.2 Å². The highest BCUT2D eigenvalue weighted by Crippen LogP contribution is 2.37. The molecular weight excluding hydrogens is 447 g/mol. The molecular formula is C19H12BrClF3NO2. The van der Waals surface area contributed by atoms with Crippen LogP contribution in [-0.2, 0) is 10.9 Å². The maximum absolute atomic E-state index is 13.1. The molecule has 0 radical (unpaired) electrons. The molecule has 0 bridgehead atoms. The molecule has 3 rings (SSSR count). The number of carbonyl (C=O) groups excluding carboxylic acids is 1. The van der Waals surface area contributed by atoms with E-state index < -0.39 is 17.7 Å². The molecule has 27 heavy (non-hydrogen) atoms. The van der Waals surface area contributed by atoms with E-state index in [9.17, 15) is 18.0 Å². The minimum atomic E-state index is -4.49. The fourth-order valence-corrected chi connectivity index (χ4v) is 3.77. The summed E-state index contributed by atoms with van der Waals surface area (Å²) in [6, 6.07) is 7.98. The number of fused-ring (bicyclic) bond motifs is 1. The second-order valence-electron chi connectivity index (χ2n) is 5.81. The Bertz CT molecular complexity index is 1070. The van der Waals surface area contributed by atoms with Gasteiger partial charge in [-0.25, -0.2) is 9.78 Å². The Morgan fingerprint density at radius 3 is 2.56 bits per heavy atom. The van der Waals surface area contributed by atoms with Gasteiger partial charge in [0.2, 0.25) is 0 Å². The average molecular weight is 459 g/mol. The highest BCUT2D eigenvalue weighted by atomic mass is 79.9. The molecule has 0 N–H and O–H groups in total. The van der Waals surface area contributed by atoms with Crippen LogP contribution in [0.5, 0.6) is 0 Å². The first-order valence-electron chi connectivity index (χ1n) is 7.68. The van der Waals surface area contributed by atoms with Crippen molar-refractivity contribution in [1.29, 1.82) is 0 Å². The van der Waals surface area contributed by atoms with E-state index in [0.29, 0.717) is 26.0 Å². The topological polar surface area (TPSA) is 39.2 Å². The standard InChI is InChI=1S/C19H12BrClF3NO2/c1-9-15(18(26)27-2)13-7-12(21)8-14(20)17(13)25-16(9)10-4-3-5-11(6-10)19(22,23)24/h3-8H,1-2H3. The van der Waals surface area contributed by atoms with Crippen molar-refractivity contribution < 1.29 is 22.7 Å². The Labute approximate surface area is 166 Å². The van der Waals surface area contributed by atoms with Crippen molar-refractivity contribution >= 4 is 44.4 Å². The molecule has 1 aromatic heterocycles. The van der Waals surface area contributed by atoms with Crippen LogP contribution >= 0.6 is 27.5 Å². The van der Waals surface area contributed by atoms with Gasteiger partial charge < -0.3 is 4.74 Å². The first-order valence-corrected chi connectivity index (χ1v) is 8.86. The number of halogens is 5. The van der Waals surface area contributed by atoms with E-state index in [2.05, 4.69) is 20.9 Å². The summed E-state index contributed by atoms with van der Waals surface area (Å²) >= 11 is 9.44. The quantitative estimate of drug-likeness (QED) is 0.415. The van der Waals surface area contributed by atoms with Crippen LogP contribution in [0.25, 0.3) is 22.2 Å². The Morgan fingerprint density at radius 1 is 1.22 bits per heavy atom. The smallest absolute Gasteiger partial charge is 0.416 e. The zero-order valence-corrected chi connectivity index (χ0v) is 16.5. The molecule has 0 saturated carbocycles. The number of esters is 1. The maximum Gasteiger partial charge on any atom is 0.416 e. The largest absolute Gasteiger partial charge is 0.465 e. The summed E-state index contributed by atoms with van der Waals surface area (Å²) in [6.45, 7) is 1.61. The van der Waals surface area contributed by atoms with E-state index >= 15 is 0 Å². The van der Waals surface area contributed by atoms with Crippen molar-refractivity contribution in [2.75, 3.05) is 7.11 Å². The fourth-order valence-electron chi connectivity index (χ4n) is 2.88. The van der Waals surface area contributed by atoms with E-state index in [0.717, 1.165) is 12.1 Å². The normalized spacial score (nSPS) is 11.7. The molecule has 0 aliphatic carbocycles. The van der Waals surface area contributed by atoms with E-state index in [1.807, 2.05) is 0 Å². The third-order valence-electron chi connectivity index (χ3n) is 4.10. The molecule has 0 aliphatic rings. The van der Waals surface area contributed by atoms with Crippen molar-refractivity contribution in [3.05, 3.63) is 62.6 Å². The summed E-state index contributed by atoms with van der Waals surface area (Å²) in [5, 5.41) is 0.835. The molecule has 0 aliphatic heterocycles. The summed E-state index contributed by atoms with van der Waals surface area (Å²) in [5.41, 5.74) is 0.725. The number of ether oxygens (including phenoxy) is 1. The van der Waals surface area contributed by atoms with Crippen molar-refractivity contribution in [2.45, 2.75) is 13.1 Å². The molecule has 2 aromatic carbocycles. The van der Waals surface area contributed by atoms with E-state index in [1.54, 1.807) is 19.1 Å². The minimum absolute atomic E-state index is 0.207. The molecule has 1 heterocycles. The number of methoxy groups -OCH3 is 1. The molecule has 140 valence electrons.